The molecular formula is C17H27NO2. The molecule has 1 aromatic rings. The lowest BCUT2D eigenvalue weighted by atomic mass is 10.1. The highest BCUT2D eigenvalue weighted by Crippen LogP contribution is 2.24. The lowest BCUT2D eigenvalue weighted by Crippen LogP contribution is -2.25. The van der Waals surface area contributed by atoms with Gasteiger partial charge in [0.25, 0.3) is 0 Å². The highest BCUT2D eigenvalue weighted by atomic mass is 16.5. The van der Waals surface area contributed by atoms with E-state index < -0.39 is 0 Å². The average Bonchev–Trinajstić information content (AvgIpc) is 3.31. The Bertz CT molecular complexity index is 390. The van der Waals surface area contributed by atoms with Crippen LogP contribution in [0, 0.1) is 0 Å². The summed E-state index contributed by atoms with van der Waals surface area (Å²) in [5.74, 6) is 0.899. The molecule has 1 unspecified atom stereocenters. The monoisotopic (exact) mass is 277 g/mol. The van der Waals surface area contributed by atoms with Crippen LogP contribution in [-0.4, -0.2) is 26.3 Å². The molecule has 112 valence electrons. The Morgan fingerprint density at radius 1 is 1.30 bits per heavy atom. The first-order valence-corrected chi connectivity index (χ1v) is 7.82. The molecule has 20 heavy (non-hydrogen) atoms. The van der Waals surface area contributed by atoms with Crippen LogP contribution in [0.1, 0.15) is 50.7 Å². The Kier molecular flexibility index (Phi) is 6.34. The van der Waals surface area contributed by atoms with Crippen LogP contribution in [-0.2, 0) is 4.74 Å². The molecule has 1 saturated carbocycles. The minimum Gasteiger partial charge on any atom is -0.497 e. The van der Waals surface area contributed by atoms with Crippen LogP contribution in [0.4, 0.5) is 0 Å². The van der Waals surface area contributed by atoms with Gasteiger partial charge in [-0.1, -0.05) is 31.9 Å². The maximum absolute atomic E-state index is 6.09. The van der Waals surface area contributed by atoms with Gasteiger partial charge in [0, 0.05) is 19.2 Å². The van der Waals surface area contributed by atoms with Crippen molar-refractivity contribution in [3.8, 4) is 5.75 Å². The van der Waals surface area contributed by atoms with Crippen LogP contribution in [0.2, 0.25) is 0 Å². The van der Waals surface area contributed by atoms with E-state index in [0.29, 0.717) is 6.04 Å². The molecule has 0 heterocycles. The van der Waals surface area contributed by atoms with Crippen molar-refractivity contribution < 1.29 is 9.47 Å². The quantitative estimate of drug-likeness (QED) is 0.662. The van der Waals surface area contributed by atoms with Crippen molar-refractivity contribution in [2.24, 2.45) is 0 Å². The van der Waals surface area contributed by atoms with Gasteiger partial charge in [-0.2, -0.15) is 0 Å². The molecule has 1 fully saturated rings. The minimum absolute atomic E-state index is 0.127. The highest BCUT2D eigenvalue weighted by molar-refractivity contribution is 5.30. The first-order valence-electron chi connectivity index (χ1n) is 7.82. The zero-order chi connectivity index (χ0) is 14.2. The topological polar surface area (TPSA) is 30.5 Å². The van der Waals surface area contributed by atoms with Gasteiger partial charge in [0.1, 0.15) is 5.75 Å². The van der Waals surface area contributed by atoms with Gasteiger partial charge in [-0.15, -0.1) is 0 Å². The van der Waals surface area contributed by atoms with Crippen molar-refractivity contribution in [3.05, 3.63) is 29.8 Å². The van der Waals surface area contributed by atoms with Crippen LogP contribution in [0.25, 0.3) is 0 Å². The fourth-order valence-corrected chi connectivity index (χ4v) is 2.25. The normalized spacial score (nSPS) is 16.1. The van der Waals surface area contributed by atoms with Crippen molar-refractivity contribution in [2.75, 3.05) is 20.3 Å². The maximum Gasteiger partial charge on any atom is 0.119 e. The minimum atomic E-state index is 0.127. The van der Waals surface area contributed by atoms with E-state index in [2.05, 4.69) is 24.4 Å². The molecule has 0 saturated heterocycles. The molecule has 1 atom stereocenters. The molecule has 0 radical (unpaired) electrons. The second kappa shape index (κ2) is 8.28. The summed E-state index contributed by atoms with van der Waals surface area (Å²) in [6, 6.07) is 8.93. The van der Waals surface area contributed by atoms with Gasteiger partial charge in [0.15, 0.2) is 0 Å². The van der Waals surface area contributed by atoms with E-state index in [0.717, 1.165) is 25.3 Å². The standard InChI is InChI=1S/C17H27NO2/c1-3-4-5-11-20-17(13-18-15-9-10-15)14-7-6-8-16(12-14)19-2/h6-8,12,15,17-18H,3-5,9-11,13H2,1-2H3. The Hall–Kier alpha value is -1.06. The molecule has 0 spiro atoms. The molecular weight excluding hydrogens is 250 g/mol. The van der Waals surface area contributed by atoms with Crippen molar-refractivity contribution in [2.45, 2.75) is 51.2 Å². The third-order valence-corrected chi connectivity index (χ3v) is 3.70. The molecule has 3 heteroatoms. The van der Waals surface area contributed by atoms with E-state index in [1.165, 1.54) is 31.2 Å². The second-order valence-corrected chi connectivity index (χ2v) is 5.53. The number of methoxy groups -OCH3 is 1. The Balaban J connectivity index is 1.91. The predicted octanol–water partition coefficient (Wildman–Crippen LogP) is 3.70. The second-order valence-electron chi connectivity index (χ2n) is 5.53. The average molecular weight is 277 g/mol. The number of hydrogen-bond donors (Lipinski definition) is 1. The SMILES string of the molecule is CCCCCOC(CNC1CC1)c1cccc(OC)c1. The van der Waals surface area contributed by atoms with Crippen LogP contribution in [0.5, 0.6) is 5.75 Å². The summed E-state index contributed by atoms with van der Waals surface area (Å²) in [6.45, 7) is 3.94. The number of nitrogens with one attached hydrogen (secondary N) is 1. The number of unbranched alkanes of at least 4 members (excludes halogenated alkanes) is 2. The van der Waals surface area contributed by atoms with Crippen LogP contribution in [0.15, 0.2) is 24.3 Å². The zero-order valence-electron chi connectivity index (χ0n) is 12.7. The molecule has 1 aromatic carbocycles. The van der Waals surface area contributed by atoms with Gasteiger partial charge < -0.3 is 14.8 Å². The van der Waals surface area contributed by atoms with Gasteiger partial charge >= 0.3 is 0 Å². The number of hydrogen-bond acceptors (Lipinski definition) is 3. The van der Waals surface area contributed by atoms with E-state index in [9.17, 15) is 0 Å². The van der Waals surface area contributed by atoms with Crippen molar-refractivity contribution >= 4 is 0 Å². The van der Waals surface area contributed by atoms with E-state index in [-0.39, 0.29) is 6.10 Å². The Labute approximate surface area is 122 Å². The third kappa shape index (κ3) is 5.14. The number of ether oxygens (including phenoxy) is 2. The van der Waals surface area contributed by atoms with E-state index >= 15 is 0 Å². The third-order valence-electron chi connectivity index (χ3n) is 3.70. The maximum atomic E-state index is 6.09. The summed E-state index contributed by atoms with van der Waals surface area (Å²) in [6.07, 6.45) is 6.35. The first kappa shape index (κ1) is 15.3. The lowest BCUT2D eigenvalue weighted by molar-refractivity contribution is 0.0496. The molecule has 2 rings (SSSR count). The smallest absolute Gasteiger partial charge is 0.119 e. The molecule has 0 aromatic heterocycles. The first-order chi connectivity index (χ1) is 9.83. The zero-order valence-corrected chi connectivity index (χ0v) is 12.7. The predicted molar refractivity (Wildman–Crippen MR) is 82.2 cm³/mol. The highest BCUT2D eigenvalue weighted by Gasteiger charge is 2.22. The largest absolute Gasteiger partial charge is 0.497 e. The fraction of sp³-hybridized carbons (Fsp3) is 0.647. The summed E-state index contributed by atoms with van der Waals surface area (Å²) < 4.78 is 11.4. The molecule has 1 N–H and O–H groups in total. The molecule has 1 aliphatic carbocycles. The summed E-state index contributed by atoms with van der Waals surface area (Å²) in [5.41, 5.74) is 1.20. The number of benzene rings is 1. The Morgan fingerprint density at radius 3 is 2.85 bits per heavy atom. The van der Waals surface area contributed by atoms with Gasteiger partial charge in [-0.25, -0.2) is 0 Å². The van der Waals surface area contributed by atoms with Gasteiger partial charge in [0.2, 0.25) is 0 Å². The Morgan fingerprint density at radius 2 is 2.15 bits per heavy atom. The molecule has 1 aliphatic rings. The molecule has 0 bridgehead atoms. The summed E-state index contributed by atoms with van der Waals surface area (Å²) >= 11 is 0. The summed E-state index contributed by atoms with van der Waals surface area (Å²) in [5, 5.41) is 3.57. The van der Waals surface area contributed by atoms with E-state index in [1.54, 1.807) is 7.11 Å². The number of rotatable bonds is 10. The van der Waals surface area contributed by atoms with Crippen LogP contribution < -0.4 is 10.1 Å². The van der Waals surface area contributed by atoms with Gasteiger partial charge in [-0.3, -0.25) is 0 Å². The molecule has 0 aliphatic heterocycles. The van der Waals surface area contributed by atoms with Crippen molar-refractivity contribution in [1.29, 1.82) is 0 Å². The van der Waals surface area contributed by atoms with Crippen molar-refractivity contribution in [1.82, 2.24) is 5.32 Å². The fourth-order valence-electron chi connectivity index (χ4n) is 2.25. The summed E-state index contributed by atoms with van der Waals surface area (Å²) in [4.78, 5) is 0. The molecule has 0 amide bonds. The lowest BCUT2D eigenvalue weighted by Gasteiger charge is -2.19. The van der Waals surface area contributed by atoms with E-state index in [1.807, 2.05) is 12.1 Å². The molecule has 3 nitrogen and oxygen atoms in total. The van der Waals surface area contributed by atoms with Gasteiger partial charge in [0.05, 0.1) is 13.2 Å². The van der Waals surface area contributed by atoms with Gasteiger partial charge in [-0.05, 0) is 37.0 Å². The van der Waals surface area contributed by atoms with Crippen molar-refractivity contribution in [3.63, 3.8) is 0 Å². The summed E-state index contributed by atoms with van der Waals surface area (Å²) in [7, 11) is 1.71. The van der Waals surface area contributed by atoms with Crippen LogP contribution >= 0.6 is 0 Å². The van der Waals surface area contributed by atoms with Crippen LogP contribution in [0.3, 0.4) is 0 Å². The van der Waals surface area contributed by atoms with E-state index in [4.69, 9.17) is 9.47 Å².